The SMILES string of the molecule is NNc1nc2ccccc2cc1COC1CCOC1. The molecule has 1 atom stereocenters. The molecule has 19 heavy (non-hydrogen) atoms. The topological polar surface area (TPSA) is 69.4 Å². The van der Waals surface area contributed by atoms with Gasteiger partial charge in [0.05, 0.1) is 24.8 Å². The molecule has 5 heteroatoms. The summed E-state index contributed by atoms with van der Waals surface area (Å²) in [7, 11) is 0. The largest absolute Gasteiger partial charge is 0.379 e. The number of nitrogens with one attached hydrogen (secondary N) is 1. The van der Waals surface area contributed by atoms with E-state index in [4.69, 9.17) is 15.3 Å². The average molecular weight is 259 g/mol. The molecule has 5 nitrogen and oxygen atoms in total. The van der Waals surface area contributed by atoms with Gasteiger partial charge in [-0.3, -0.25) is 0 Å². The predicted octanol–water partition coefficient (Wildman–Crippen LogP) is 1.83. The number of nitrogen functional groups attached to an aromatic ring is 1. The van der Waals surface area contributed by atoms with Gasteiger partial charge in [0, 0.05) is 17.6 Å². The lowest BCUT2D eigenvalue weighted by molar-refractivity contribution is 0.0319. The van der Waals surface area contributed by atoms with Gasteiger partial charge in [-0.05, 0) is 18.6 Å². The molecular weight excluding hydrogens is 242 g/mol. The third kappa shape index (κ3) is 2.68. The number of aromatic nitrogens is 1. The fourth-order valence-corrected chi connectivity index (χ4v) is 2.25. The molecule has 3 rings (SSSR count). The van der Waals surface area contributed by atoms with Crippen molar-refractivity contribution in [2.24, 2.45) is 5.84 Å². The standard InChI is InChI=1S/C14H17N3O2/c15-17-14-11(8-19-12-5-6-18-9-12)7-10-3-1-2-4-13(10)16-14/h1-4,7,12H,5-6,8-9,15H2,(H,16,17). The van der Waals surface area contributed by atoms with Gasteiger partial charge in [0.15, 0.2) is 0 Å². The van der Waals surface area contributed by atoms with Gasteiger partial charge < -0.3 is 14.9 Å². The number of para-hydroxylation sites is 1. The maximum absolute atomic E-state index is 5.82. The number of hydrazine groups is 1. The van der Waals surface area contributed by atoms with Crippen LogP contribution in [0, 0.1) is 0 Å². The van der Waals surface area contributed by atoms with Crippen molar-refractivity contribution in [2.45, 2.75) is 19.1 Å². The second-order valence-electron chi connectivity index (χ2n) is 4.63. The Kier molecular flexibility index (Phi) is 3.59. The van der Waals surface area contributed by atoms with E-state index in [-0.39, 0.29) is 6.10 Å². The van der Waals surface area contributed by atoms with E-state index in [2.05, 4.69) is 16.5 Å². The number of fused-ring (bicyclic) bond motifs is 1. The third-order valence-electron chi connectivity index (χ3n) is 3.30. The zero-order valence-corrected chi connectivity index (χ0v) is 10.6. The average Bonchev–Trinajstić information content (AvgIpc) is 2.97. The van der Waals surface area contributed by atoms with Crippen molar-refractivity contribution in [1.82, 2.24) is 4.98 Å². The van der Waals surface area contributed by atoms with Crippen molar-refractivity contribution in [3.8, 4) is 0 Å². The second-order valence-corrected chi connectivity index (χ2v) is 4.63. The Morgan fingerprint density at radius 3 is 3.11 bits per heavy atom. The van der Waals surface area contributed by atoms with E-state index in [0.29, 0.717) is 19.0 Å². The molecule has 0 aliphatic carbocycles. The van der Waals surface area contributed by atoms with E-state index in [0.717, 1.165) is 29.5 Å². The first-order valence-corrected chi connectivity index (χ1v) is 6.41. The molecule has 1 fully saturated rings. The maximum Gasteiger partial charge on any atom is 0.146 e. The highest BCUT2D eigenvalue weighted by Gasteiger charge is 2.17. The van der Waals surface area contributed by atoms with Gasteiger partial charge in [-0.15, -0.1) is 0 Å². The highest BCUT2D eigenvalue weighted by Crippen LogP contribution is 2.21. The van der Waals surface area contributed by atoms with E-state index in [9.17, 15) is 0 Å². The fourth-order valence-electron chi connectivity index (χ4n) is 2.25. The number of rotatable bonds is 4. The van der Waals surface area contributed by atoms with Crippen molar-refractivity contribution in [3.05, 3.63) is 35.9 Å². The Bertz CT molecular complexity index is 568. The Labute approximate surface area is 111 Å². The number of hydrogen-bond acceptors (Lipinski definition) is 5. The maximum atomic E-state index is 5.82. The van der Waals surface area contributed by atoms with Crippen molar-refractivity contribution in [1.29, 1.82) is 0 Å². The summed E-state index contributed by atoms with van der Waals surface area (Å²) in [6.45, 7) is 1.94. The summed E-state index contributed by atoms with van der Waals surface area (Å²) in [4.78, 5) is 4.49. The van der Waals surface area contributed by atoms with Crippen molar-refractivity contribution < 1.29 is 9.47 Å². The van der Waals surface area contributed by atoms with Gasteiger partial charge in [0.25, 0.3) is 0 Å². The van der Waals surface area contributed by atoms with Gasteiger partial charge in [0.1, 0.15) is 5.82 Å². The molecule has 3 N–H and O–H groups in total. The number of hydrogen-bond donors (Lipinski definition) is 2. The molecule has 0 amide bonds. The lowest BCUT2D eigenvalue weighted by atomic mass is 10.1. The zero-order valence-electron chi connectivity index (χ0n) is 10.6. The monoisotopic (exact) mass is 259 g/mol. The van der Waals surface area contributed by atoms with Crippen LogP contribution in [0.25, 0.3) is 10.9 Å². The molecule has 1 saturated heterocycles. The van der Waals surface area contributed by atoms with Gasteiger partial charge in [-0.1, -0.05) is 18.2 Å². The summed E-state index contributed by atoms with van der Waals surface area (Å²) < 4.78 is 11.1. The Hall–Kier alpha value is -1.69. The Morgan fingerprint density at radius 1 is 1.42 bits per heavy atom. The minimum atomic E-state index is 0.178. The van der Waals surface area contributed by atoms with Crippen LogP contribution >= 0.6 is 0 Å². The predicted molar refractivity (Wildman–Crippen MR) is 73.6 cm³/mol. The number of anilines is 1. The minimum absolute atomic E-state index is 0.178. The van der Waals surface area contributed by atoms with Crippen LogP contribution in [0.5, 0.6) is 0 Å². The van der Waals surface area contributed by atoms with Crippen LogP contribution in [0.2, 0.25) is 0 Å². The van der Waals surface area contributed by atoms with Crippen LogP contribution in [-0.4, -0.2) is 24.3 Å². The van der Waals surface area contributed by atoms with Crippen LogP contribution in [0.4, 0.5) is 5.82 Å². The van der Waals surface area contributed by atoms with Crippen molar-refractivity contribution in [3.63, 3.8) is 0 Å². The Balaban J connectivity index is 1.83. The summed E-state index contributed by atoms with van der Waals surface area (Å²) in [5, 5.41) is 1.09. The molecule has 0 spiro atoms. The molecule has 1 aromatic carbocycles. The van der Waals surface area contributed by atoms with E-state index >= 15 is 0 Å². The summed E-state index contributed by atoms with van der Waals surface area (Å²) >= 11 is 0. The highest BCUT2D eigenvalue weighted by molar-refractivity contribution is 5.81. The molecule has 1 unspecified atom stereocenters. The lowest BCUT2D eigenvalue weighted by Crippen LogP contribution is -2.15. The van der Waals surface area contributed by atoms with Crippen LogP contribution < -0.4 is 11.3 Å². The quantitative estimate of drug-likeness (QED) is 0.647. The van der Waals surface area contributed by atoms with E-state index in [1.807, 2.05) is 24.3 Å². The molecule has 1 aliphatic heterocycles. The van der Waals surface area contributed by atoms with E-state index in [1.54, 1.807) is 0 Å². The number of ether oxygens (including phenoxy) is 2. The first-order valence-electron chi connectivity index (χ1n) is 6.41. The molecule has 100 valence electrons. The van der Waals surface area contributed by atoms with Gasteiger partial charge in [-0.25, -0.2) is 10.8 Å². The first-order chi connectivity index (χ1) is 9.36. The molecule has 0 saturated carbocycles. The first kappa shape index (κ1) is 12.3. The highest BCUT2D eigenvalue weighted by atomic mass is 16.5. The van der Waals surface area contributed by atoms with Crippen molar-refractivity contribution >= 4 is 16.7 Å². The molecule has 2 aromatic rings. The fraction of sp³-hybridized carbons (Fsp3) is 0.357. The molecule has 1 aliphatic rings. The number of benzene rings is 1. The van der Waals surface area contributed by atoms with Crippen LogP contribution in [0.15, 0.2) is 30.3 Å². The number of nitrogens with two attached hydrogens (primary N) is 1. The Morgan fingerprint density at radius 2 is 2.32 bits per heavy atom. The third-order valence-corrected chi connectivity index (χ3v) is 3.30. The second kappa shape index (κ2) is 5.52. The van der Waals surface area contributed by atoms with Crippen LogP contribution in [0.3, 0.4) is 0 Å². The molecule has 0 radical (unpaired) electrons. The van der Waals surface area contributed by atoms with Crippen LogP contribution in [-0.2, 0) is 16.1 Å². The molecule has 2 heterocycles. The van der Waals surface area contributed by atoms with Gasteiger partial charge in [0.2, 0.25) is 0 Å². The summed E-state index contributed by atoms with van der Waals surface area (Å²) in [5.74, 6) is 6.20. The van der Waals surface area contributed by atoms with Crippen LogP contribution in [0.1, 0.15) is 12.0 Å². The van der Waals surface area contributed by atoms with E-state index < -0.39 is 0 Å². The zero-order chi connectivity index (χ0) is 13.1. The number of nitrogens with zero attached hydrogens (tertiary/aromatic N) is 1. The molecule has 1 aromatic heterocycles. The lowest BCUT2D eigenvalue weighted by Gasteiger charge is -2.13. The van der Waals surface area contributed by atoms with Gasteiger partial charge in [-0.2, -0.15) is 0 Å². The minimum Gasteiger partial charge on any atom is -0.379 e. The molecule has 0 bridgehead atoms. The summed E-state index contributed by atoms with van der Waals surface area (Å²) in [5.41, 5.74) is 4.53. The normalized spacial score (nSPS) is 18.9. The van der Waals surface area contributed by atoms with Gasteiger partial charge >= 0.3 is 0 Å². The van der Waals surface area contributed by atoms with E-state index in [1.165, 1.54) is 0 Å². The molecular formula is C14H17N3O2. The smallest absolute Gasteiger partial charge is 0.146 e. The van der Waals surface area contributed by atoms with Crippen molar-refractivity contribution in [2.75, 3.05) is 18.6 Å². The summed E-state index contributed by atoms with van der Waals surface area (Å²) in [6.07, 6.45) is 1.13. The summed E-state index contributed by atoms with van der Waals surface area (Å²) in [6, 6.07) is 10.0. The number of pyridine rings is 1.